The van der Waals surface area contributed by atoms with E-state index in [0.29, 0.717) is 22.5 Å². The summed E-state index contributed by atoms with van der Waals surface area (Å²) in [6.45, 7) is 0.121. The van der Waals surface area contributed by atoms with Crippen LogP contribution < -0.4 is 20.3 Å². The van der Waals surface area contributed by atoms with Gasteiger partial charge in [-0.3, -0.25) is 4.79 Å². The van der Waals surface area contributed by atoms with E-state index in [1.807, 2.05) is 0 Å². The summed E-state index contributed by atoms with van der Waals surface area (Å²) in [5.41, 5.74) is 0.372. The molecule has 0 saturated carbocycles. The topological polar surface area (TPSA) is 86.2 Å². The van der Waals surface area contributed by atoms with Crippen molar-refractivity contribution in [3.8, 4) is 11.5 Å². The molecule has 0 atom stereocenters. The summed E-state index contributed by atoms with van der Waals surface area (Å²) >= 11 is 0. The van der Waals surface area contributed by atoms with Crippen molar-refractivity contribution >= 4 is 22.6 Å². The Morgan fingerprint density at radius 1 is 1.09 bits per heavy atom. The normalized spacial score (nSPS) is 12.1. The molecule has 33 heavy (non-hydrogen) atoms. The molecular formula is C23H17F3N2O5. The van der Waals surface area contributed by atoms with Crippen molar-refractivity contribution in [1.29, 1.82) is 0 Å². The zero-order valence-electron chi connectivity index (χ0n) is 17.2. The van der Waals surface area contributed by atoms with Crippen LogP contribution in [0.1, 0.15) is 16.1 Å². The van der Waals surface area contributed by atoms with Crippen LogP contribution in [0.15, 0.2) is 80.8 Å². The van der Waals surface area contributed by atoms with Crippen LogP contribution in [-0.2, 0) is 6.54 Å². The molecule has 10 heteroatoms. The lowest BCUT2D eigenvalue weighted by Crippen LogP contribution is -2.28. The van der Waals surface area contributed by atoms with Gasteiger partial charge in [0.05, 0.1) is 25.6 Å². The number of fused-ring (bicyclic) bond motifs is 1. The predicted molar refractivity (Wildman–Crippen MR) is 111 cm³/mol. The first-order valence-corrected chi connectivity index (χ1v) is 9.64. The Bertz CT molecular complexity index is 1340. The first-order valence-electron chi connectivity index (χ1n) is 9.64. The van der Waals surface area contributed by atoms with Gasteiger partial charge in [-0.1, -0.05) is 18.2 Å². The number of furan rings is 1. The quantitative estimate of drug-likeness (QED) is 0.435. The van der Waals surface area contributed by atoms with E-state index in [1.54, 1.807) is 36.4 Å². The second-order valence-electron chi connectivity index (χ2n) is 6.76. The second-order valence-corrected chi connectivity index (χ2v) is 6.76. The summed E-state index contributed by atoms with van der Waals surface area (Å²) in [7, 11) is 1.46. The van der Waals surface area contributed by atoms with Gasteiger partial charge >= 0.3 is 6.36 Å². The number of para-hydroxylation sites is 1. The Morgan fingerprint density at radius 2 is 1.91 bits per heavy atom. The average Bonchev–Trinajstić information content (AvgIpc) is 3.29. The van der Waals surface area contributed by atoms with Gasteiger partial charge in [0.15, 0.2) is 11.3 Å². The number of rotatable bonds is 6. The summed E-state index contributed by atoms with van der Waals surface area (Å²) in [4.78, 5) is 17.2. The highest BCUT2D eigenvalue weighted by atomic mass is 19.4. The lowest BCUT2D eigenvalue weighted by Gasteiger charge is -2.09. The molecule has 0 fully saturated rings. The van der Waals surface area contributed by atoms with E-state index in [9.17, 15) is 18.0 Å². The number of carbonyl (C=O) groups excluding carboxylic acids is 1. The zero-order valence-corrected chi connectivity index (χ0v) is 17.2. The molecule has 7 nitrogen and oxygen atoms in total. The van der Waals surface area contributed by atoms with Crippen LogP contribution in [0.3, 0.4) is 0 Å². The molecule has 170 valence electrons. The number of amides is 1. The van der Waals surface area contributed by atoms with Gasteiger partial charge in [-0.05, 0) is 36.4 Å². The van der Waals surface area contributed by atoms with E-state index in [1.165, 1.54) is 25.5 Å². The first kappa shape index (κ1) is 22.0. The van der Waals surface area contributed by atoms with Gasteiger partial charge < -0.3 is 23.6 Å². The number of nitrogens with one attached hydrogen (secondary N) is 1. The summed E-state index contributed by atoms with van der Waals surface area (Å²) in [5, 5.41) is 3.28. The maximum Gasteiger partial charge on any atom is 0.573 e. The molecular weight excluding hydrogens is 441 g/mol. The molecule has 4 aromatic rings. The summed E-state index contributed by atoms with van der Waals surface area (Å²) in [6.07, 6.45) is -3.37. The van der Waals surface area contributed by atoms with Crippen LogP contribution >= 0.6 is 0 Å². The molecule has 0 radical (unpaired) electrons. The number of halogens is 3. The summed E-state index contributed by atoms with van der Waals surface area (Å²) < 4.78 is 58.1. The molecule has 0 spiro atoms. The minimum atomic E-state index is -4.85. The summed E-state index contributed by atoms with van der Waals surface area (Å²) in [5.74, 6) is -0.0221. The fraction of sp³-hybridized carbons (Fsp3) is 0.130. The van der Waals surface area contributed by atoms with E-state index < -0.39 is 18.0 Å². The van der Waals surface area contributed by atoms with Crippen molar-refractivity contribution in [2.75, 3.05) is 7.11 Å². The zero-order chi connectivity index (χ0) is 23.4. The molecule has 0 saturated heterocycles. The monoisotopic (exact) mass is 458 g/mol. The smallest absolute Gasteiger partial charge is 0.493 e. The predicted octanol–water partition coefficient (Wildman–Crippen LogP) is 5.10. The van der Waals surface area contributed by atoms with Gasteiger partial charge in [-0.15, -0.1) is 13.2 Å². The highest BCUT2D eigenvalue weighted by Gasteiger charge is 2.31. The van der Waals surface area contributed by atoms with Crippen LogP contribution in [0.4, 0.5) is 18.9 Å². The number of benzene rings is 2. The van der Waals surface area contributed by atoms with Crippen LogP contribution in [0.25, 0.3) is 11.0 Å². The van der Waals surface area contributed by atoms with Crippen LogP contribution in [0.5, 0.6) is 11.5 Å². The molecule has 1 amide bonds. The third-order valence-electron chi connectivity index (χ3n) is 4.49. The number of hydrogen-bond acceptors (Lipinski definition) is 6. The van der Waals surface area contributed by atoms with E-state index in [-0.39, 0.29) is 23.3 Å². The largest absolute Gasteiger partial charge is 0.573 e. The van der Waals surface area contributed by atoms with Crippen molar-refractivity contribution in [3.63, 3.8) is 0 Å². The minimum Gasteiger partial charge on any atom is -0.493 e. The number of methoxy groups -OCH3 is 1. The number of carbonyl (C=O) groups is 1. The van der Waals surface area contributed by atoms with Crippen molar-refractivity contribution in [2.24, 2.45) is 4.99 Å². The number of nitrogens with zero attached hydrogens (tertiary/aromatic N) is 1. The van der Waals surface area contributed by atoms with E-state index in [0.717, 1.165) is 12.1 Å². The first-order chi connectivity index (χ1) is 15.8. The lowest BCUT2D eigenvalue weighted by molar-refractivity contribution is -0.274. The molecule has 1 N–H and O–H groups in total. The maximum atomic E-state index is 12.9. The third kappa shape index (κ3) is 5.35. The van der Waals surface area contributed by atoms with Gasteiger partial charge in [0.25, 0.3) is 5.91 Å². The standard InChI is InChI=1S/C23H17F3N2O5/c1-30-19-9-2-5-14-11-18(21(29)27-13-17-8-4-10-31-17)22(32-20(14)19)28-15-6-3-7-16(12-15)33-23(24,25)26/h2-12H,13H2,1H3,(H,27,29). The molecule has 4 rings (SSSR count). The molecule has 0 aliphatic carbocycles. The Labute approximate surface area is 185 Å². The van der Waals surface area contributed by atoms with Crippen molar-refractivity contribution in [1.82, 2.24) is 5.32 Å². The third-order valence-corrected chi connectivity index (χ3v) is 4.49. The number of hydrogen-bond donors (Lipinski definition) is 1. The lowest BCUT2D eigenvalue weighted by atomic mass is 10.1. The van der Waals surface area contributed by atoms with Crippen molar-refractivity contribution < 1.29 is 36.3 Å². The van der Waals surface area contributed by atoms with Gasteiger partial charge in [-0.2, -0.15) is 0 Å². The van der Waals surface area contributed by atoms with Crippen LogP contribution in [0.2, 0.25) is 0 Å². The van der Waals surface area contributed by atoms with E-state index in [2.05, 4.69) is 15.0 Å². The molecule has 0 unspecified atom stereocenters. The Morgan fingerprint density at radius 3 is 2.64 bits per heavy atom. The maximum absolute atomic E-state index is 12.9. The Hall–Kier alpha value is -4.21. The molecule has 0 aliphatic rings. The molecule has 2 aromatic carbocycles. The number of alkyl halides is 3. The average molecular weight is 458 g/mol. The summed E-state index contributed by atoms with van der Waals surface area (Å²) in [6, 6.07) is 15.1. The molecule has 2 aromatic heterocycles. The Balaban J connectivity index is 1.80. The minimum absolute atomic E-state index is 0.0736. The Kier molecular flexibility index (Phi) is 6.07. The fourth-order valence-electron chi connectivity index (χ4n) is 3.07. The second kappa shape index (κ2) is 9.11. The van der Waals surface area contributed by atoms with Gasteiger partial charge in [-0.25, -0.2) is 4.99 Å². The molecule has 0 bridgehead atoms. The van der Waals surface area contributed by atoms with E-state index in [4.69, 9.17) is 13.6 Å². The van der Waals surface area contributed by atoms with E-state index >= 15 is 0 Å². The van der Waals surface area contributed by atoms with Gasteiger partial charge in [0.2, 0.25) is 5.55 Å². The SMILES string of the molecule is COc1cccc2cc(C(=O)NCc3ccco3)c(=Nc3cccc(OC(F)(F)F)c3)oc12. The van der Waals surface area contributed by atoms with Crippen molar-refractivity contribution in [2.45, 2.75) is 12.9 Å². The van der Waals surface area contributed by atoms with Gasteiger partial charge in [0, 0.05) is 11.5 Å². The molecule has 2 heterocycles. The highest BCUT2D eigenvalue weighted by Crippen LogP contribution is 2.27. The number of ether oxygens (including phenoxy) is 2. The highest BCUT2D eigenvalue weighted by molar-refractivity contribution is 5.97. The van der Waals surface area contributed by atoms with Gasteiger partial charge in [0.1, 0.15) is 17.1 Å². The van der Waals surface area contributed by atoms with Crippen LogP contribution in [0, 0.1) is 0 Å². The van der Waals surface area contributed by atoms with Crippen molar-refractivity contribution in [3.05, 3.63) is 83.8 Å². The molecule has 0 aliphatic heterocycles. The fourth-order valence-corrected chi connectivity index (χ4v) is 3.07. The van der Waals surface area contributed by atoms with Crippen LogP contribution in [-0.4, -0.2) is 19.4 Å².